The minimum atomic E-state index is -0.0726. The van der Waals surface area contributed by atoms with Gasteiger partial charge in [0.15, 0.2) is 16.5 Å². The number of hydrogen-bond donors (Lipinski definition) is 0. The molecule has 5 rings (SSSR count). The van der Waals surface area contributed by atoms with Gasteiger partial charge in [-0.25, -0.2) is 9.38 Å². The van der Waals surface area contributed by atoms with E-state index in [9.17, 15) is 4.79 Å². The molecule has 172 valence electrons. The fourth-order valence-electron chi connectivity index (χ4n) is 3.92. The zero-order valence-corrected chi connectivity index (χ0v) is 20.0. The van der Waals surface area contributed by atoms with Crippen molar-refractivity contribution in [2.75, 3.05) is 20.3 Å². The summed E-state index contributed by atoms with van der Waals surface area (Å²) in [6, 6.07) is 19.4. The van der Waals surface area contributed by atoms with Gasteiger partial charge in [0.2, 0.25) is 0 Å². The molecule has 2 aromatic heterocycles. The first-order valence-corrected chi connectivity index (χ1v) is 11.8. The van der Waals surface area contributed by atoms with Crippen molar-refractivity contribution in [2.45, 2.75) is 13.8 Å². The van der Waals surface area contributed by atoms with E-state index >= 15 is 0 Å². The zero-order chi connectivity index (χ0) is 23.7. The van der Waals surface area contributed by atoms with Crippen LogP contribution < -0.4 is 24.3 Å². The maximum absolute atomic E-state index is 13.0. The molecule has 0 aliphatic carbocycles. The third-order valence-corrected chi connectivity index (χ3v) is 6.53. The summed E-state index contributed by atoms with van der Waals surface area (Å²) in [7, 11) is 1.60. The van der Waals surface area contributed by atoms with E-state index in [1.165, 1.54) is 16.9 Å². The molecule has 7 heteroatoms. The maximum Gasteiger partial charge on any atom is 0.274 e. The van der Waals surface area contributed by atoms with Gasteiger partial charge >= 0.3 is 0 Å². The molecule has 0 aliphatic heterocycles. The Morgan fingerprint density at radius 3 is 2.50 bits per heavy atom. The van der Waals surface area contributed by atoms with Crippen LogP contribution in [-0.2, 0) is 0 Å². The van der Waals surface area contributed by atoms with Gasteiger partial charge in [-0.05, 0) is 61.4 Å². The van der Waals surface area contributed by atoms with Crippen molar-refractivity contribution in [3.05, 3.63) is 92.2 Å². The molecule has 6 nitrogen and oxygen atoms in total. The third-order valence-electron chi connectivity index (χ3n) is 5.56. The van der Waals surface area contributed by atoms with Crippen LogP contribution in [0.15, 0.2) is 65.5 Å². The fraction of sp³-hybridized carbons (Fsp3) is 0.185. The Hall–Kier alpha value is -3.84. The van der Waals surface area contributed by atoms with E-state index in [-0.39, 0.29) is 5.56 Å². The molecule has 0 bridgehead atoms. The minimum Gasteiger partial charge on any atom is -0.493 e. The predicted octanol–water partition coefficient (Wildman–Crippen LogP) is 4.54. The molecule has 0 aliphatic rings. The molecule has 0 saturated carbocycles. The standard InChI is InChI=1S/C27H24N2O4S/c1-17-8-10-22(18(2)14-17)32-12-13-33-23-11-9-19(15-24(23)31-3)16-25-26(30)29-21-7-5-4-6-20(21)28-27(29)34-25/h4-11,14-16H,12-13H2,1-3H3/b25-16+. The number of thiazole rings is 1. The normalized spacial score (nSPS) is 11.9. The summed E-state index contributed by atoms with van der Waals surface area (Å²) >= 11 is 1.37. The highest BCUT2D eigenvalue weighted by atomic mass is 32.1. The lowest BCUT2D eigenvalue weighted by atomic mass is 10.1. The van der Waals surface area contributed by atoms with Crippen molar-refractivity contribution in [1.82, 2.24) is 9.38 Å². The monoisotopic (exact) mass is 472 g/mol. The molecular weight excluding hydrogens is 448 g/mol. The molecular formula is C27H24N2O4S. The number of nitrogens with zero attached hydrogens (tertiary/aromatic N) is 2. The Morgan fingerprint density at radius 2 is 1.71 bits per heavy atom. The first-order chi connectivity index (χ1) is 16.5. The first kappa shape index (κ1) is 22.0. The van der Waals surface area contributed by atoms with Gasteiger partial charge in [0, 0.05) is 0 Å². The molecule has 3 aromatic carbocycles. The van der Waals surface area contributed by atoms with Crippen molar-refractivity contribution in [3.8, 4) is 17.2 Å². The molecule has 5 aromatic rings. The summed E-state index contributed by atoms with van der Waals surface area (Å²) in [5.74, 6) is 2.08. The Kier molecular flexibility index (Phi) is 5.94. The summed E-state index contributed by atoms with van der Waals surface area (Å²) in [5, 5.41) is 0. The van der Waals surface area contributed by atoms with Gasteiger partial charge in [-0.2, -0.15) is 0 Å². The Morgan fingerprint density at radius 1 is 0.941 bits per heavy atom. The van der Waals surface area contributed by atoms with Gasteiger partial charge in [0.25, 0.3) is 5.56 Å². The van der Waals surface area contributed by atoms with Gasteiger partial charge < -0.3 is 14.2 Å². The first-order valence-electron chi connectivity index (χ1n) is 11.0. The van der Waals surface area contributed by atoms with E-state index in [0.717, 1.165) is 27.9 Å². The smallest absolute Gasteiger partial charge is 0.274 e. The largest absolute Gasteiger partial charge is 0.493 e. The van der Waals surface area contributed by atoms with Crippen molar-refractivity contribution in [1.29, 1.82) is 0 Å². The van der Waals surface area contributed by atoms with E-state index < -0.39 is 0 Å². The zero-order valence-electron chi connectivity index (χ0n) is 19.2. The molecule has 34 heavy (non-hydrogen) atoms. The van der Waals surface area contributed by atoms with E-state index in [0.29, 0.717) is 34.2 Å². The molecule has 0 saturated heterocycles. The summed E-state index contributed by atoms with van der Waals surface area (Å²) in [6.45, 7) is 4.89. The van der Waals surface area contributed by atoms with Crippen molar-refractivity contribution >= 4 is 33.4 Å². The predicted molar refractivity (Wildman–Crippen MR) is 136 cm³/mol. The Balaban J connectivity index is 1.33. The number of imidazole rings is 1. The summed E-state index contributed by atoms with van der Waals surface area (Å²) in [4.78, 5) is 18.2. The van der Waals surface area contributed by atoms with E-state index in [4.69, 9.17) is 14.2 Å². The van der Waals surface area contributed by atoms with Crippen LogP contribution in [-0.4, -0.2) is 29.7 Å². The number of aryl methyl sites for hydroxylation is 2. The molecule has 0 unspecified atom stereocenters. The van der Waals surface area contributed by atoms with E-state index in [1.807, 2.05) is 67.6 Å². The van der Waals surface area contributed by atoms with Crippen LogP contribution in [0.1, 0.15) is 16.7 Å². The number of benzene rings is 3. The molecule has 0 atom stereocenters. The maximum atomic E-state index is 13.0. The number of hydrogen-bond acceptors (Lipinski definition) is 6. The van der Waals surface area contributed by atoms with Crippen LogP contribution in [0, 0.1) is 13.8 Å². The van der Waals surface area contributed by atoms with Gasteiger partial charge in [0.1, 0.15) is 19.0 Å². The molecule has 0 spiro atoms. The lowest BCUT2D eigenvalue weighted by Crippen LogP contribution is -2.22. The Labute approximate surface area is 200 Å². The van der Waals surface area contributed by atoms with Crippen molar-refractivity contribution < 1.29 is 14.2 Å². The summed E-state index contributed by atoms with van der Waals surface area (Å²) in [5.41, 5.74) is 4.73. The number of methoxy groups -OCH3 is 1. The molecule has 0 fully saturated rings. The highest BCUT2D eigenvalue weighted by Gasteiger charge is 2.11. The SMILES string of the molecule is COc1cc(/C=c2/sc3nc4ccccc4n3c2=O)ccc1OCCOc1ccc(C)cc1C. The van der Waals surface area contributed by atoms with Gasteiger partial charge in [0.05, 0.1) is 22.7 Å². The minimum absolute atomic E-state index is 0.0726. The third kappa shape index (κ3) is 4.22. The Bertz CT molecular complexity index is 1600. The summed E-state index contributed by atoms with van der Waals surface area (Å²) in [6.07, 6.45) is 1.85. The lowest BCUT2D eigenvalue weighted by molar-refractivity contribution is 0.210. The lowest BCUT2D eigenvalue weighted by Gasteiger charge is -2.13. The number of para-hydroxylation sites is 2. The number of ether oxygens (including phenoxy) is 3. The molecule has 2 heterocycles. The second-order valence-electron chi connectivity index (χ2n) is 8.01. The van der Waals surface area contributed by atoms with Crippen LogP contribution in [0.25, 0.3) is 22.1 Å². The average molecular weight is 473 g/mol. The van der Waals surface area contributed by atoms with Crippen LogP contribution in [0.4, 0.5) is 0 Å². The van der Waals surface area contributed by atoms with Crippen LogP contribution in [0.2, 0.25) is 0 Å². The van der Waals surface area contributed by atoms with Gasteiger partial charge in [-0.3, -0.25) is 4.79 Å². The van der Waals surface area contributed by atoms with Crippen LogP contribution in [0.5, 0.6) is 17.2 Å². The molecule has 0 radical (unpaired) electrons. The van der Waals surface area contributed by atoms with Crippen LogP contribution in [0.3, 0.4) is 0 Å². The van der Waals surface area contributed by atoms with Gasteiger partial charge in [-0.1, -0.05) is 47.2 Å². The molecule has 0 amide bonds. The van der Waals surface area contributed by atoms with Crippen molar-refractivity contribution in [2.24, 2.45) is 0 Å². The second-order valence-corrected chi connectivity index (χ2v) is 9.02. The molecule has 0 N–H and O–H groups in total. The highest BCUT2D eigenvalue weighted by Crippen LogP contribution is 2.28. The number of aromatic nitrogens is 2. The van der Waals surface area contributed by atoms with Crippen molar-refractivity contribution in [3.63, 3.8) is 0 Å². The number of fused-ring (bicyclic) bond motifs is 3. The van der Waals surface area contributed by atoms with E-state index in [1.54, 1.807) is 11.5 Å². The summed E-state index contributed by atoms with van der Waals surface area (Å²) < 4.78 is 19.5. The second kappa shape index (κ2) is 9.19. The van der Waals surface area contributed by atoms with Crippen LogP contribution >= 0.6 is 11.3 Å². The average Bonchev–Trinajstić information content (AvgIpc) is 3.34. The number of rotatable bonds is 7. The van der Waals surface area contributed by atoms with E-state index in [2.05, 4.69) is 18.0 Å². The highest BCUT2D eigenvalue weighted by molar-refractivity contribution is 7.15. The quantitative estimate of drug-likeness (QED) is 0.326. The van der Waals surface area contributed by atoms with Gasteiger partial charge in [-0.15, -0.1) is 0 Å². The fourth-order valence-corrected chi connectivity index (χ4v) is 4.91. The topological polar surface area (TPSA) is 62.1 Å².